The van der Waals surface area contributed by atoms with Crippen molar-refractivity contribution in [1.82, 2.24) is 4.31 Å². The van der Waals surface area contributed by atoms with Crippen molar-refractivity contribution >= 4 is 21.4 Å². The Morgan fingerprint density at radius 2 is 2.00 bits per heavy atom. The Hall–Kier alpha value is -1.71. The van der Waals surface area contributed by atoms with E-state index in [2.05, 4.69) is 5.32 Å². The van der Waals surface area contributed by atoms with Crippen LogP contribution in [0.2, 0.25) is 0 Å². The highest BCUT2D eigenvalue weighted by Crippen LogP contribution is 2.29. The molecule has 0 saturated carbocycles. The van der Waals surface area contributed by atoms with Crippen LogP contribution in [0.3, 0.4) is 0 Å². The standard InChI is InChI=1S/C12H19N3O5S/c1-12(2,16)8-14(4)21(19,20)11-7-9(13-3)5-6-10(11)15(17)18/h5-7,13,16H,8H2,1-4H3. The van der Waals surface area contributed by atoms with Gasteiger partial charge in [-0.1, -0.05) is 0 Å². The maximum Gasteiger partial charge on any atom is 0.289 e. The topological polar surface area (TPSA) is 113 Å². The van der Waals surface area contributed by atoms with Gasteiger partial charge in [-0.25, -0.2) is 8.42 Å². The van der Waals surface area contributed by atoms with Crippen LogP contribution in [-0.2, 0) is 10.0 Å². The minimum absolute atomic E-state index is 0.184. The van der Waals surface area contributed by atoms with Crippen LogP contribution in [0.5, 0.6) is 0 Å². The van der Waals surface area contributed by atoms with Crippen molar-refractivity contribution in [2.24, 2.45) is 0 Å². The minimum atomic E-state index is -4.09. The maximum absolute atomic E-state index is 12.5. The van der Waals surface area contributed by atoms with Crippen LogP contribution in [0.25, 0.3) is 0 Å². The minimum Gasteiger partial charge on any atom is -0.389 e. The van der Waals surface area contributed by atoms with E-state index < -0.39 is 31.1 Å². The number of sulfonamides is 1. The maximum atomic E-state index is 12.5. The van der Waals surface area contributed by atoms with Gasteiger partial charge < -0.3 is 10.4 Å². The number of anilines is 1. The Balaban J connectivity index is 3.38. The normalized spacial score (nSPS) is 12.5. The molecule has 1 aromatic carbocycles. The molecule has 0 heterocycles. The van der Waals surface area contributed by atoms with E-state index in [0.29, 0.717) is 5.69 Å². The van der Waals surface area contributed by atoms with E-state index in [4.69, 9.17) is 0 Å². The summed E-state index contributed by atoms with van der Waals surface area (Å²) in [7, 11) is -1.24. The zero-order chi connectivity index (χ0) is 16.4. The van der Waals surface area contributed by atoms with E-state index in [9.17, 15) is 23.6 Å². The van der Waals surface area contributed by atoms with Gasteiger partial charge in [-0.2, -0.15) is 4.31 Å². The third kappa shape index (κ3) is 4.13. The van der Waals surface area contributed by atoms with Crippen molar-refractivity contribution in [3.63, 3.8) is 0 Å². The Kier molecular flexibility index (Phi) is 4.92. The van der Waals surface area contributed by atoms with Gasteiger partial charge in [0.25, 0.3) is 5.69 Å². The number of likely N-dealkylation sites (N-methyl/N-ethyl adjacent to an activating group) is 1. The van der Waals surface area contributed by atoms with E-state index in [1.165, 1.54) is 33.0 Å². The van der Waals surface area contributed by atoms with Crippen molar-refractivity contribution in [3.05, 3.63) is 28.3 Å². The molecule has 8 nitrogen and oxygen atoms in total. The lowest BCUT2D eigenvalue weighted by Gasteiger charge is -2.25. The average molecular weight is 317 g/mol. The molecule has 0 bridgehead atoms. The van der Waals surface area contributed by atoms with E-state index in [-0.39, 0.29) is 6.54 Å². The summed E-state index contributed by atoms with van der Waals surface area (Å²) < 4.78 is 25.9. The number of nitrogens with zero attached hydrogens (tertiary/aromatic N) is 2. The van der Waals surface area contributed by atoms with Crippen LogP contribution in [0.4, 0.5) is 11.4 Å². The molecule has 0 aromatic heterocycles. The lowest BCUT2D eigenvalue weighted by Crippen LogP contribution is -2.39. The molecule has 0 atom stereocenters. The third-order valence-electron chi connectivity index (χ3n) is 2.74. The van der Waals surface area contributed by atoms with Crippen molar-refractivity contribution in [2.75, 3.05) is 26.0 Å². The number of nitro benzene ring substituents is 1. The summed E-state index contributed by atoms with van der Waals surface area (Å²) in [6.07, 6.45) is 0. The van der Waals surface area contributed by atoms with Crippen LogP contribution in [0, 0.1) is 10.1 Å². The molecular formula is C12H19N3O5S. The fourth-order valence-corrected chi connectivity index (χ4v) is 3.33. The Morgan fingerprint density at radius 3 is 2.43 bits per heavy atom. The van der Waals surface area contributed by atoms with Gasteiger partial charge in [-0.15, -0.1) is 0 Å². The number of hydrogen-bond acceptors (Lipinski definition) is 6. The Labute approximate surface area is 123 Å². The molecule has 0 fully saturated rings. The van der Waals surface area contributed by atoms with Gasteiger partial charge in [0.1, 0.15) is 0 Å². The van der Waals surface area contributed by atoms with Crippen molar-refractivity contribution < 1.29 is 18.4 Å². The first-order valence-corrected chi connectivity index (χ1v) is 7.58. The monoisotopic (exact) mass is 317 g/mol. The zero-order valence-electron chi connectivity index (χ0n) is 12.3. The fourth-order valence-electron chi connectivity index (χ4n) is 1.82. The number of nitrogens with one attached hydrogen (secondary N) is 1. The first-order chi connectivity index (χ1) is 9.49. The lowest BCUT2D eigenvalue weighted by molar-refractivity contribution is -0.387. The summed E-state index contributed by atoms with van der Waals surface area (Å²) in [5.74, 6) is 0. The average Bonchev–Trinajstić information content (AvgIpc) is 2.35. The second kappa shape index (κ2) is 5.96. The molecule has 0 aliphatic carbocycles. The molecule has 0 amide bonds. The molecule has 0 spiro atoms. The lowest BCUT2D eigenvalue weighted by atomic mass is 10.1. The number of nitro groups is 1. The van der Waals surface area contributed by atoms with Crippen LogP contribution in [-0.4, -0.2) is 49.0 Å². The molecule has 0 aliphatic rings. The summed E-state index contributed by atoms with van der Waals surface area (Å²) in [5.41, 5.74) is -1.32. The highest BCUT2D eigenvalue weighted by atomic mass is 32.2. The Bertz CT molecular complexity index is 637. The highest BCUT2D eigenvalue weighted by molar-refractivity contribution is 7.89. The molecule has 2 N–H and O–H groups in total. The summed E-state index contributed by atoms with van der Waals surface area (Å²) in [6.45, 7) is 2.73. The highest BCUT2D eigenvalue weighted by Gasteiger charge is 2.32. The summed E-state index contributed by atoms with van der Waals surface area (Å²) in [6, 6.07) is 3.76. The van der Waals surface area contributed by atoms with Gasteiger partial charge in [0.05, 0.1) is 10.5 Å². The van der Waals surface area contributed by atoms with E-state index >= 15 is 0 Å². The van der Waals surface area contributed by atoms with Crippen molar-refractivity contribution in [2.45, 2.75) is 24.3 Å². The van der Waals surface area contributed by atoms with E-state index in [0.717, 1.165) is 10.4 Å². The van der Waals surface area contributed by atoms with Crippen LogP contribution in [0.15, 0.2) is 23.1 Å². The van der Waals surface area contributed by atoms with E-state index in [1.807, 2.05) is 0 Å². The molecule has 1 aromatic rings. The van der Waals surface area contributed by atoms with Gasteiger partial charge in [-0.05, 0) is 26.0 Å². The predicted molar refractivity (Wildman–Crippen MR) is 78.8 cm³/mol. The fraction of sp³-hybridized carbons (Fsp3) is 0.500. The van der Waals surface area contributed by atoms with E-state index in [1.54, 1.807) is 7.05 Å². The summed E-state index contributed by atoms with van der Waals surface area (Å²) in [5, 5.41) is 23.5. The molecule has 0 radical (unpaired) electrons. The van der Waals surface area contributed by atoms with Gasteiger partial charge in [0.15, 0.2) is 4.90 Å². The summed E-state index contributed by atoms with van der Waals surface area (Å²) >= 11 is 0. The molecule has 118 valence electrons. The summed E-state index contributed by atoms with van der Waals surface area (Å²) in [4.78, 5) is 9.87. The molecule has 0 saturated heterocycles. The van der Waals surface area contributed by atoms with Crippen molar-refractivity contribution in [3.8, 4) is 0 Å². The molecule has 1 rings (SSSR count). The number of aliphatic hydroxyl groups is 1. The van der Waals surface area contributed by atoms with Crippen LogP contribution < -0.4 is 5.32 Å². The SMILES string of the molecule is CNc1ccc([N+](=O)[O-])c(S(=O)(=O)N(C)CC(C)(C)O)c1. The molecule has 0 unspecified atom stereocenters. The zero-order valence-corrected chi connectivity index (χ0v) is 13.1. The number of benzene rings is 1. The van der Waals surface area contributed by atoms with Gasteiger partial charge in [0.2, 0.25) is 10.0 Å². The molecule has 9 heteroatoms. The quantitative estimate of drug-likeness (QED) is 0.598. The van der Waals surface area contributed by atoms with Gasteiger partial charge >= 0.3 is 0 Å². The molecular weight excluding hydrogens is 298 g/mol. The molecule has 21 heavy (non-hydrogen) atoms. The second-order valence-corrected chi connectivity index (χ2v) is 7.28. The van der Waals surface area contributed by atoms with Gasteiger partial charge in [-0.3, -0.25) is 10.1 Å². The first-order valence-electron chi connectivity index (χ1n) is 6.14. The number of hydrogen-bond donors (Lipinski definition) is 2. The predicted octanol–water partition coefficient (Wildman–Crippen LogP) is 1.03. The van der Waals surface area contributed by atoms with Crippen LogP contribution >= 0.6 is 0 Å². The third-order valence-corrected chi connectivity index (χ3v) is 4.58. The largest absolute Gasteiger partial charge is 0.389 e. The van der Waals surface area contributed by atoms with Gasteiger partial charge in [0, 0.05) is 32.4 Å². The Morgan fingerprint density at radius 1 is 1.43 bits per heavy atom. The van der Waals surface area contributed by atoms with Crippen molar-refractivity contribution in [1.29, 1.82) is 0 Å². The number of rotatable bonds is 6. The molecule has 0 aliphatic heterocycles. The first kappa shape index (κ1) is 17.3. The smallest absolute Gasteiger partial charge is 0.289 e. The van der Waals surface area contributed by atoms with Crippen LogP contribution in [0.1, 0.15) is 13.8 Å². The second-order valence-electron chi connectivity index (χ2n) is 5.26.